The van der Waals surface area contributed by atoms with Gasteiger partial charge in [-0.15, -0.1) is 0 Å². The summed E-state index contributed by atoms with van der Waals surface area (Å²) in [5, 5.41) is 19.5. The molecule has 110 valence electrons. The van der Waals surface area contributed by atoms with Gasteiger partial charge in [0, 0.05) is 4.90 Å². The summed E-state index contributed by atoms with van der Waals surface area (Å²) in [5.41, 5.74) is 1.42. The predicted octanol–water partition coefficient (Wildman–Crippen LogP) is 3.24. The fraction of sp³-hybridized carbons (Fsp3) is 0.0667. The highest BCUT2D eigenvalue weighted by molar-refractivity contribution is 8.03. The van der Waals surface area contributed by atoms with E-state index >= 15 is 0 Å². The molecule has 2 aromatic carbocycles. The van der Waals surface area contributed by atoms with Gasteiger partial charge in [0.1, 0.15) is 5.40 Å². The molecule has 0 radical (unpaired) electrons. The fourth-order valence-corrected chi connectivity index (χ4v) is 3.46. The number of anilines is 1. The van der Waals surface area contributed by atoms with Crippen molar-refractivity contribution in [3.8, 4) is 11.5 Å². The van der Waals surface area contributed by atoms with E-state index in [0.29, 0.717) is 11.3 Å². The Kier molecular flexibility index (Phi) is 4.71. The van der Waals surface area contributed by atoms with Gasteiger partial charge in [0.15, 0.2) is 0 Å². The molecular weight excluding hydrogens is 318 g/mol. The average Bonchev–Trinajstić information content (AvgIpc) is 2.50. The minimum atomic E-state index is -3.77. The van der Waals surface area contributed by atoms with Crippen LogP contribution in [0.3, 0.4) is 0 Å². The minimum Gasteiger partial charge on any atom is -0.279 e. The SMILES string of the molecule is Cc1cc(SC#N)ccc1NS(=O)(=O)c1cccc(C#N)c1. The monoisotopic (exact) mass is 329 g/mol. The third-order valence-electron chi connectivity index (χ3n) is 2.88. The average molecular weight is 329 g/mol. The number of benzene rings is 2. The summed E-state index contributed by atoms with van der Waals surface area (Å²) in [6.45, 7) is 1.75. The molecule has 2 rings (SSSR count). The number of nitrogens with zero attached hydrogens (tertiary/aromatic N) is 2. The smallest absolute Gasteiger partial charge is 0.261 e. The highest BCUT2D eigenvalue weighted by Crippen LogP contribution is 2.25. The first kappa shape index (κ1) is 15.9. The Morgan fingerprint density at radius 2 is 1.91 bits per heavy atom. The van der Waals surface area contributed by atoms with Crippen LogP contribution < -0.4 is 4.72 Å². The molecule has 0 saturated heterocycles. The number of thioether (sulfide) groups is 1. The molecule has 0 fully saturated rings. The molecule has 0 unspecified atom stereocenters. The second-order valence-electron chi connectivity index (χ2n) is 4.42. The zero-order valence-electron chi connectivity index (χ0n) is 11.6. The first-order valence-electron chi connectivity index (χ1n) is 6.16. The number of nitrogens with one attached hydrogen (secondary N) is 1. The highest BCUT2D eigenvalue weighted by Gasteiger charge is 2.16. The molecule has 0 aliphatic heterocycles. The van der Waals surface area contributed by atoms with Crippen molar-refractivity contribution in [3.63, 3.8) is 0 Å². The van der Waals surface area contributed by atoms with E-state index in [1.165, 1.54) is 24.3 Å². The third kappa shape index (κ3) is 3.59. The molecule has 0 atom stereocenters. The van der Waals surface area contributed by atoms with Gasteiger partial charge in [0.25, 0.3) is 10.0 Å². The quantitative estimate of drug-likeness (QED) is 0.686. The van der Waals surface area contributed by atoms with Gasteiger partial charge in [0.05, 0.1) is 22.2 Å². The van der Waals surface area contributed by atoms with Gasteiger partial charge in [0.2, 0.25) is 0 Å². The van der Waals surface area contributed by atoms with E-state index in [4.69, 9.17) is 10.5 Å². The zero-order chi connectivity index (χ0) is 16.2. The Bertz CT molecular complexity index is 894. The maximum absolute atomic E-state index is 12.4. The Balaban J connectivity index is 2.33. The summed E-state index contributed by atoms with van der Waals surface area (Å²) in [6, 6.07) is 12.7. The standard InChI is InChI=1S/C15H11N3O2S2/c1-11-7-13(21-10-17)5-6-15(11)18-22(19,20)14-4-2-3-12(8-14)9-16/h2-8,18H,1H3. The molecule has 0 saturated carbocycles. The highest BCUT2D eigenvalue weighted by atomic mass is 32.2. The van der Waals surface area contributed by atoms with Crippen LogP contribution in [-0.2, 0) is 10.0 Å². The van der Waals surface area contributed by atoms with Crippen LogP contribution in [0, 0.1) is 28.9 Å². The van der Waals surface area contributed by atoms with E-state index in [1.807, 2.05) is 11.5 Å². The van der Waals surface area contributed by atoms with Gasteiger partial charge >= 0.3 is 0 Å². The first-order chi connectivity index (χ1) is 10.5. The van der Waals surface area contributed by atoms with Crippen LogP contribution in [-0.4, -0.2) is 8.42 Å². The van der Waals surface area contributed by atoms with Crippen LogP contribution in [0.2, 0.25) is 0 Å². The predicted molar refractivity (Wildman–Crippen MR) is 84.6 cm³/mol. The molecular formula is C15H11N3O2S2. The Hall–Kier alpha value is -2.48. The van der Waals surface area contributed by atoms with Crippen molar-refractivity contribution in [3.05, 3.63) is 53.6 Å². The number of rotatable bonds is 4. The molecule has 0 heterocycles. The molecule has 0 spiro atoms. The van der Waals surface area contributed by atoms with E-state index in [0.717, 1.165) is 16.7 Å². The van der Waals surface area contributed by atoms with Gasteiger partial charge in [-0.05, 0) is 60.6 Å². The molecule has 2 aromatic rings. The second-order valence-corrected chi connectivity index (χ2v) is 6.96. The topological polar surface area (TPSA) is 93.8 Å². The van der Waals surface area contributed by atoms with E-state index in [2.05, 4.69) is 4.72 Å². The van der Waals surface area contributed by atoms with E-state index in [9.17, 15) is 8.42 Å². The summed E-state index contributed by atoms with van der Waals surface area (Å²) >= 11 is 1.01. The molecule has 0 aliphatic carbocycles. The Morgan fingerprint density at radius 3 is 2.55 bits per heavy atom. The lowest BCUT2D eigenvalue weighted by Crippen LogP contribution is -2.13. The summed E-state index contributed by atoms with van der Waals surface area (Å²) in [4.78, 5) is 0.774. The van der Waals surface area contributed by atoms with Crippen molar-refractivity contribution >= 4 is 27.5 Å². The molecule has 0 aliphatic rings. The molecule has 0 bridgehead atoms. The second kappa shape index (κ2) is 6.52. The van der Waals surface area contributed by atoms with Gasteiger partial charge in [-0.1, -0.05) is 6.07 Å². The summed E-state index contributed by atoms with van der Waals surface area (Å²) < 4.78 is 27.2. The maximum Gasteiger partial charge on any atom is 0.261 e. The van der Waals surface area contributed by atoms with Crippen molar-refractivity contribution in [1.29, 1.82) is 10.5 Å². The lowest BCUT2D eigenvalue weighted by atomic mass is 10.2. The van der Waals surface area contributed by atoms with Crippen LogP contribution in [0.5, 0.6) is 0 Å². The third-order valence-corrected chi connectivity index (χ3v) is 4.82. The van der Waals surface area contributed by atoms with E-state index in [1.54, 1.807) is 25.1 Å². The maximum atomic E-state index is 12.4. The van der Waals surface area contributed by atoms with Crippen LogP contribution >= 0.6 is 11.8 Å². The first-order valence-corrected chi connectivity index (χ1v) is 8.46. The number of hydrogen-bond donors (Lipinski definition) is 1. The fourth-order valence-electron chi connectivity index (χ4n) is 1.80. The normalized spacial score (nSPS) is 10.5. The molecule has 0 aromatic heterocycles. The van der Waals surface area contributed by atoms with Crippen LogP contribution in [0.1, 0.15) is 11.1 Å². The summed E-state index contributed by atoms with van der Waals surface area (Å²) in [7, 11) is -3.77. The van der Waals surface area contributed by atoms with E-state index < -0.39 is 10.0 Å². The lowest BCUT2D eigenvalue weighted by molar-refractivity contribution is 0.601. The molecule has 1 N–H and O–H groups in total. The van der Waals surface area contributed by atoms with Gasteiger partial charge < -0.3 is 0 Å². The number of aryl methyl sites for hydroxylation is 1. The van der Waals surface area contributed by atoms with Crippen molar-refractivity contribution in [2.45, 2.75) is 16.7 Å². The van der Waals surface area contributed by atoms with E-state index in [-0.39, 0.29) is 10.5 Å². The summed E-state index contributed by atoms with van der Waals surface area (Å²) in [6.07, 6.45) is 0. The molecule has 5 nitrogen and oxygen atoms in total. The zero-order valence-corrected chi connectivity index (χ0v) is 13.2. The van der Waals surface area contributed by atoms with Crippen molar-refractivity contribution in [1.82, 2.24) is 0 Å². The number of sulfonamides is 1. The minimum absolute atomic E-state index is 0.0291. The molecule has 0 amide bonds. The number of nitriles is 2. The van der Waals surface area contributed by atoms with Crippen molar-refractivity contribution < 1.29 is 8.42 Å². The van der Waals surface area contributed by atoms with Crippen molar-refractivity contribution in [2.24, 2.45) is 0 Å². The summed E-state index contributed by atoms with van der Waals surface area (Å²) in [5.74, 6) is 0. The van der Waals surface area contributed by atoms with Crippen LogP contribution in [0.25, 0.3) is 0 Å². The molecule has 22 heavy (non-hydrogen) atoms. The van der Waals surface area contributed by atoms with Crippen LogP contribution in [0.15, 0.2) is 52.3 Å². The Labute approximate surface area is 133 Å². The Morgan fingerprint density at radius 1 is 1.14 bits per heavy atom. The number of thiocyanates is 1. The largest absolute Gasteiger partial charge is 0.279 e. The van der Waals surface area contributed by atoms with Gasteiger partial charge in [-0.25, -0.2) is 8.42 Å². The van der Waals surface area contributed by atoms with Crippen LogP contribution in [0.4, 0.5) is 5.69 Å². The molecule has 7 heteroatoms. The van der Waals surface area contributed by atoms with Gasteiger partial charge in [-0.3, -0.25) is 4.72 Å². The lowest BCUT2D eigenvalue weighted by Gasteiger charge is -2.11. The number of hydrogen-bond acceptors (Lipinski definition) is 5. The van der Waals surface area contributed by atoms with Gasteiger partial charge in [-0.2, -0.15) is 10.5 Å². The van der Waals surface area contributed by atoms with Crippen molar-refractivity contribution in [2.75, 3.05) is 4.72 Å².